The summed E-state index contributed by atoms with van der Waals surface area (Å²) in [6.07, 6.45) is 46.9. The lowest BCUT2D eigenvalue weighted by atomic mass is 9.96. The van der Waals surface area contributed by atoms with Crippen LogP contribution in [0.4, 0.5) is 0 Å². The maximum atomic E-state index is 13.5. The molecule has 99 heavy (non-hydrogen) atoms. The van der Waals surface area contributed by atoms with Crippen molar-refractivity contribution < 1.29 is 89.4 Å². The minimum absolute atomic E-state index is 0.237. The fourth-order valence-electron chi connectivity index (χ4n) is 14.2. The summed E-state index contributed by atoms with van der Waals surface area (Å²) in [7, 11) is 0. The van der Waals surface area contributed by atoms with Gasteiger partial charge in [-0.05, 0) is 44.9 Å². The van der Waals surface area contributed by atoms with E-state index in [9.17, 15) is 61.0 Å². The quantitative estimate of drug-likeness (QED) is 0.0199. The number of aliphatic hydroxyl groups is 11. The first-order valence-electron chi connectivity index (χ1n) is 41.1. The summed E-state index contributed by atoms with van der Waals surface area (Å²) in [6.45, 7) is 1.85. The Labute approximate surface area is 600 Å². The highest BCUT2D eigenvalue weighted by Crippen LogP contribution is 2.33. The van der Waals surface area contributed by atoms with Crippen molar-refractivity contribution in [2.24, 2.45) is 0 Å². The molecule has 0 spiro atoms. The van der Waals surface area contributed by atoms with Crippen LogP contribution in [0.1, 0.15) is 348 Å². The number of amides is 1. The van der Waals surface area contributed by atoms with Crippen molar-refractivity contribution in [1.29, 1.82) is 0 Å². The molecule has 12 N–H and O–H groups in total. The molecular formula is C80H151NO18. The van der Waals surface area contributed by atoms with Crippen LogP contribution in [-0.4, -0.2) is 193 Å². The van der Waals surface area contributed by atoms with Gasteiger partial charge in [-0.25, -0.2) is 0 Å². The van der Waals surface area contributed by atoms with Gasteiger partial charge in [0.05, 0.1) is 38.6 Å². The highest BCUT2D eigenvalue weighted by Gasteiger charge is 2.54. The predicted octanol–water partition coefficient (Wildman–Crippen LogP) is 13.7. The molecule has 0 aromatic heterocycles. The number of allylic oxidation sites excluding steroid dienone is 4. The maximum Gasteiger partial charge on any atom is 0.220 e. The zero-order chi connectivity index (χ0) is 71.8. The minimum Gasteiger partial charge on any atom is -0.394 e. The van der Waals surface area contributed by atoms with Gasteiger partial charge in [0.2, 0.25) is 5.91 Å². The highest BCUT2D eigenvalue weighted by atomic mass is 16.8. The lowest BCUT2D eigenvalue weighted by molar-refractivity contribution is -0.379. The van der Waals surface area contributed by atoms with E-state index >= 15 is 0 Å². The Bertz CT molecular complexity index is 1880. The van der Waals surface area contributed by atoms with Crippen molar-refractivity contribution in [2.75, 3.05) is 26.4 Å². The van der Waals surface area contributed by atoms with E-state index in [1.807, 2.05) is 0 Å². The Morgan fingerprint density at radius 3 is 1.03 bits per heavy atom. The number of carbonyl (C=O) groups excluding carboxylic acids is 1. The van der Waals surface area contributed by atoms with E-state index in [1.54, 1.807) is 0 Å². The molecule has 0 bridgehead atoms. The summed E-state index contributed by atoms with van der Waals surface area (Å²) in [5, 5.41) is 121. The van der Waals surface area contributed by atoms with Crippen LogP contribution in [0.15, 0.2) is 24.3 Å². The molecule has 0 aromatic carbocycles. The molecule has 19 nitrogen and oxygen atoms in total. The molecular weight excluding hydrogens is 1260 g/mol. The second-order valence-corrected chi connectivity index (χ2v) is 29.6. The first-order valence-corrected chi connectivity index (χ1v) is 41.1. The molecule has 3 fully saturated rings. The smallest absolute Gasteiger partial charge is 0.220 e. The summed E-state index contributed by atoms with van der Waals surface area (Å²) in [5.74, 6) is -0.237. The highest BCUT2D eigenvalue weighted by molar-refractivity contribution is 5.76. The zero-order valence-electron chi connectivity index (χ0n) is 62.5. The molecule has 3 aliphatic heterocycles. The molecule has 17 atom stereocenters. The summed E-state index contributed by atoms with van der Waals surface area (Å²) >= 11 is 0. The van der Waals surface area contributed by atoms with Gasteiger partial charge in [0, 0.05) is 6.42 Å². The third-order valence-corrected chi connectivity index (χ3v) is 20.8. The van der Waals surface area contributed by atoms with Crippen LogP contribution in [0.5, 0.6) is 0 Å². The molecule has 1 amide bonds. The Morgan fingerprint density at radius 1 is 0.364 bits per heavy atom. The normalized spacial score (nSPS) is 26.7. The first-order chi connectivity index (χ1) is 48.3. The fourth-order valence-corrected chi connectivity index (χ4v) is 14.2. The fraction of sp³-hybridized carbons (Fsp3) is 0.938. The zero-order valence-corrected chi connectivity index (χ0v) is 62.5. The van der Waals surface area contributed by atoms with Crippen LogP contribution in [-0.2, 0) is 33.2 Å². The number of nitrogens with one attached hydrogen (secondary N) is 1. The molecule has 584 valence electrons. The van der Waals surface area contributed by atoms with Crippen LogP contribution in [0.2, 0.25) is 0 Å². The van der Waals surface area contributed by atoms with Gasteiger partial charge in [-0.15, -0.1) is 0 Å². The monoisotopic (exact) mass is 1410 g/mol. The number of aliphatic hydroxyl groups excluding tert-OH is 11. The number of hydrogen-bond acceptors (Lipinski definition) is 18. The number of rotatable bonds is 66. The van der Waals surface area contributed by atoms with E-state index in [-0.39, 0.29) is 18.9 Å². The number of carbonyl (C=O) groups is 1. The number of hydrogen-bond donors (Lipinski definition) is 12. The lowest BCUT2D eigenvalue weighted by Gasteiger charge is -2.48. The second-order valence-electron chi connectivity index (χ2n) is 29.6. The van der Waals surface area contributed by atoms with E-state index in [2.05, 4.69) is 43.5 Å². The molecule has 17 unspecified atom stereocenters. The van der Waals surface area contributed by atoms with E-state index < -0.39 is 124 Å². The second kappa shape index (κ2) is 61.4. The molecule has 0 radical (unpaired) electrons. The molecule has 0 aromatic rings. The van der Waals surface area contributed by atoms with Crippen LogP contribution < -0.4 is 5.32 Å². The third-order valence-electron chi connectivity index (χ3n) is 20.8. The van der Waals surface area contributed by atoms with E-state index in [1.165, 1.54) is 263 Å². The van der Waals surface area contributed by atoms with Crippen LogP contribution in [0.3, 0.4) is 0 Å². The Hall–Kier alpha value is -1.73. The maximum absolute atomic E-state index is 13.5. The van der Waals surface area contributed by atoms with Crippen LogP contribution >= 0.6 is 0 Å². The van der Waals surface area contributed by atoms with Gasteiger partial charge in [-0.2, -0.15) is 0 Å². The summed E-state index contributed by atoms with van der Waals surface area (Å²) in [6, 6.07) is -0.887. The van der Waals surface area contributed by atoms with Crippen LogP contribution in [0.25, 0.3) is 0 Å². The van der Waals surface area contributed by atoms with Crippen molar-refractivity contribution in [3.05, 3.63) is 24.3 Å². The summed E-state index contributed by atoms with van der Waals surface area (Å²) < 4.78 is 34.5. The SMILES string of the molecule is CCCCCCC/C=C\C/C=C\CCCCCCCCCCCCCCCCCC(=O)NC(COC1OC(CO)C(OC2OC(CO)C(OC3OC(CO)C(O)C(O)C3O)C(O)C2O)C(O)C1O)C(O)CCCCCCCCCCCCCCCCCCCCCCCCCCCCC. The molecule has 3 aliphatic rings. The van der Waals surface area contributed by atoms with Crippen molar-refractivity contribution in [3.63, 3.8) is 0 Å². The Balaban J connectivity index is 1.36. The van der Waals surface area contributed by atoms with Gasteiger partial charge >= 0.3 is 0 Å². The van der Waals surface area contributed by atoms with Crippen molar-refractivity contribution in [3.8, 4) is 0 Å². The van der Waals surface area contributed by atoms with E-state index in [0.29, 0.717) is 12.8 Å². The Kier molecular flexibility index (Phi) is 56.8. The van der Waals surface area contributed by atoms with E-state index in [0.717, 1.165) is 51.4 Å². The predicted molar refractivity (Wildman–Crippen MR) is 393 cm³/mol. The van der Waals surface area contributed by atoms with Crippen molar-refractivity contribution in [2.45, 2.75) is 452 Å². The van der Waals surface area contributed by atoms with Crippen molar-refractivity contribution >= 4 is 5.91 Å². The largest absolute Gasteiger partial charge is 0.394 e. The average molecular weight is 1420 g/mol. The van der Waals surface area contributed by atoms with Gasteiger partial charge in [-0.1, -0.05) is 321 Å². The van der Waals surface area contributed by atoms with Crippen LogP contribution in [0, 0.1) is 0 Å². The van der Waals surface area contributed by atoms with Gasteiger partial charge in [0.25, 0.3) is 0 Å². The number of unbranched alkanes of at least 4 members (excludes halogenated alkanes) is 46. The minimum atomic E-state index is -1.97. The molecule has 3 heterocycles. The van der Waals surface area contributed by atoms with Gasteiger partial charge in [0.1, 0.15) is 73.2 Å². The molecule has 0 saturated carbocycles. The average Bonchev–Trinajstić information content (AvgIpc) is 0.784. The van der Waals surface area contributed by atoms with Gasteiger partial charge in [-0.3, -0.25) is 4.79 Å². The first kappa shape index (κ1) is 91.5. The Morgan fingerprint density at radius 2 is 0.667 bits per heavy atom. The summed E-state index contributed by atoms with van der Waals surface area (Å²) in [4.78, 5) is 13.5. The lowest BCUT2D eigenvalue weighted by Crippen LogP contribution is -2.66. The molecule has 19 heteroatoms. The van der Waals surface area contributed by atoms with Gasteiger partial charge in [0.15, 0.2) is 18.9 Å². The van der Waals surface area contributed by atoms with Crippen molar-refractivity contribution in [1.82, 2.24) is 5.32 Å². The molecule has 3 rings (SSSR count). The third kappa shape index (κ3) is 41.7. The standard InChI is InChI=1S/C80H151NO18/c1-3-5-7-9-11-13-15-17-19-21-23-25-27-29-31-33-35-37-39-41-43-45-47-49-51-53-55-57-64(85)63(81-68(86)58-56-54-52-50-48-46-44-42-40-38-36-34-32-30-28-26-24-22-20-18-16-14-12-10-8-6-4-2)62-94-78-74(92)71(89)76(66(60-83)96-78)99-80-75(93)72(90)77(67(61-84)97-80)98-79-73(91)70(88)69(87)65(59-82)95-79/h16,18,22,24,63-67,69-80,82-85,87-93H,3-15,17,19-21,23,25-62H2,1-2H3,(H,81,86)/b18-16-,24-22-. The van der Waals surface area contributed by atoms with E-state index in [4.69, 9.17) is 28.4 Å². The topological polar surface area (TPSA) is 307 Å². The molecule has 0 aliphatic carbocycles. The summed E-state index contributed by atoms with van der Waals surface area (Å²) in [5.41, 5.74) is 0. The van der Waals surface area contributed by atoms with Gasteiger partial charge < -0.3 is 89.9 Å². The molecule has 3 saturated heterocycles. The number of ether oxygens (including phenoxy) is 6.